The van der Waals surface area contributed by atoms with Crippen LogP contribution in [0, 0.1) is 0 Å². The number of nitrogens with one attached hydrogen (secondary N) is 1. The van der Waals surface area contributed by atoms with Crippen molar-refractivity contribution in [2.75, 3.05) is 0 Å². The Labute approximate surface area is 109 Å². The van der Waals surface area contributed by atoms with Crippen molar-refractivity contribution >= 4 is 23.2 Å². The Morgan fingerprint density at radius 2 is 2.18 bits per heavy atom. The van der Waals surface area contributed by atoms with Crippen LogP contribution in [0.25, 0.3) is 0 Å². The minimum absolute atomic E-state index is 0.292. The van der Waals surface area contributed by atoms with Gasteiger partial charge in [0.1, 0.15) is 23.2 Å². The molecule has 0 spiro atoms. The third kappa shape index (κ3) is 2.91. The highest BCUT2D eigenvalue weighted by Crippen LogP contribution is 2.31. The van der Waals surface area contributed by atoms with Crippen LogP contribution < -0.4 is 10.5 Å². The highest BCUT2D eigenvalue weighted by atomic mass is 35.5. The van der Waals surface area contributed by atoms with Crippen LogP contribution in [0.2, 0.25) is 10.0 Å². The van der Waals surface area contributed by atoms with Gasteiger partial charge in [-0.1, -0.05) is 29.3 Å². The van der Waals surface area contributed by atoms with Crippen molar-refractivity contribution in [3.05, 3.63) is 46.0 Å². The largest absolute Gasteiger partial charge is 0.484 e. The summed E-state index contributed by atoms with van der Waals surface area (Å²) in [7, 11) is 0. The molecule has 0 fully saturated rings. The zero-order chi connectivity index (χ0) is 12.3. The first-order valence-corrected chi connectivity index (χ1v) is 5.76. The summed E-state index contributed by atoms with van der Waals surface area (Å²) < 4.78 is 5.51. The fourth-order valence-corrected chi connectivity index (χ4v) is 1.67. The van der Waals surface area contributed by atoms with Gasteiger partial charge < -0.3 is 15.5 Å². The molecule has 0 saturated heterocycles. The second-order valence-corrected chi connectivity index (χ2v) is 4.19. The fraction of sp³-hybridized carbons (Fsp3) is 0.182. The van der Waals surface area contributed by atoms with Crippen molar-refractivity contribution < 1.29 is 4.74 Å². The molecule has 0 aliphatic heterocycles. The average Bonchev–Trinajstić information content (AvgIpc) is 2.79. The van der Waals surface area contributed by atoms with E-state index < -0.39 is 0 Å². The van der Waals surface area contributed by atoms with Gasteiger partial charge in [0.25, 0.3) is 0 Å². The predicted molar refractivity (Wildman–Crippen MR) is 67.3 cm³/mol. The molecule has 2 aromatic rings. The molecule has 90 valence electrons. The van der Waals surface area contributed by atoms with Crippen molar-refractivity contribution in [3.8, 4) is 5.75 Å². The lowest BCUT2D eigenvalue weighted by molar-refractivity contribution is 0.297. The highest BCUT2D eigenvalue weighted by molar-refractivity contribution is 6.42. The van der Waals surface area contributed by atoms with E-state index in [2.05, 4.69) is 9.97 Å². The van der Waals surface area contributed by atoms with Crippen molar-refractivity contribution in [3.63, 3.8) is 0 Å². The Morgan fingerprint density at radius 1 is 1.35 bits per heavy atom. The Hall–Kier alpha value is -1.23. The van der Waals surface area contributed by atoms with Crippen molar-refractivity contribution in [1.29, 1.82) is 0 Å². The summed E-state index contributed by atoms with van der Waals surface area (Å²) in [5.74, 6) is 1.23. The second-order valence-electron chi connectivity index (χ2n) is 3.40. The van der Waals surface area contributed by atoms with Crippen LogP contribution in [-0.4, -0.2) is 9.97 Å². The van der Waals surface area contributed by atoms with E-state index in [1.165, 1.54) is 0 Å². The van der Waals surface area contributed by atoms with E-state index in [0.29, 0.717) is 34.8 Å². The molecule has 0 atom stereocenters. The molecule has 0 amide bonds. The molecule has 0 bridgehead atoms. The van der Waals surface area contributed by atoms with Gasteiger partial charge in [-0.2, -0.15) is 0 Å². The maximum absolute atomic E-state index is 5.98. The van der Waals surface area contributed by atoms with Gasteiger partial charge in [-0.3, -0.25) is 0 Å². The molecule has 3 N–H and O–H groups in total. The van der Waals surface area contributed by atoms with E-state index in [1.807, 2.05) is 0 Å². The lowest BCUT2D eigenvalue weighted by atomic mass is 10.3. The van der Waals surface area contributed by atoms with E-state index >= 15 is 0 Å². The maximum Gasteiger partial charge on any atom is 0.146 e. The first-order chi connectivity index (χ1) is 8.20. The lowest BCUT2D eigenvalue weighted by Crippen LogP contribution is -2.00. The third-order valence-corrected chi connectivity index (χ3v) is 2.98. The van der Waals surface area contributed by atoms with Crippen molar-refractivity contribution in [1.82, 2.24) is 9.97 Å². The quantitative estimate of drug-likeness (QED) is 0.899. The summed E-state index contributed by atoms with van der Waals surface area (Å²) in [5.41, 5.74) is 6.33. The SMILES string of the molecule is NCc1cnc(COc2cccc(Cl)c2Cl)[nH]1. The summed E-state index contributed by atoms with van der Waals surface area (Å²) in [4.78, 5) is 7.15. The molecule has 0 saturated carbocycles. The molecular formula is C11H11Cl2N3O. The number of nitrogens with zero attached hydrogens (tertiary/aromatic N) is 1. The molecule has 0 radical (unpaired) electrons. The number of imidazole rings is 1. The van der Waals surface area contributed by atoms with E-state index in [0.717, 1.165) is 5.69 Å². The molecule has 4 nitrogen and oxygen atoms in total. The number of ether oxygens (including phenoxy) is 1. The number of aromatic amines is 1. The van der Waals surface area contributed by atoms with E-state index in [-0.39, 0.29) is 0 Å². The Kier molecular flexibility index (Phi) is 3.89. The topological polar surface area (TPSA) is 63.9 Å². The molecule has 1 aromatic carbocycles. The molecule has 0 aliphatic rings. The smallest absolute Gasteiger partial charge is 0.146 e. The summed E-state index contributed by atoms with van der Waals surface area (Å²) >= 11 is 11.9. The number of aromatic nitrogens is 2. The predicted octanol–water partition coefficient (Wildman–Crippen LogP) is 2.75. The lowest BCUT2D eigenvalue weighted by Gasteiger charge is -2.07. The number of halogens is 2. The molecule has 1 aromatic heterocycles. The molecule has 0 unspecified atom stereocenters. The van der Waals surface area contributed by atoms with Crippen molar-refractivity contribution in [2.24, 2.45) is 5.73 Å². The first-order valence-electron chi connectivity index (χ1n) is 5.00. The normalized spacial score (nSPS) is 10.5. The fourth-order valence-electron chi connectivity index (χ4n) is 1.32. The van der Waals surface area contributed by atoms with Gasteiger partial charge in [0.05, 0.1) is 5.02 Å². The zero-order valence-electron chi connectivity index (χ0n) is 8.91. The van der Waals surface area contributed by atoms with Gasteiger partial charge in [-0.05, 0) is 12.1 Å². The zero-order valence-corrected chi connectivity index (χ0v) is 10.4. The van der Waals surface area contributed by atoms with E-state index in [4.69, 9.17) is 33.7 Å². The van der Waals surface area contributed by atoms with Gasteiger partial charge in [0.15, 0.2) is 0 Å². The van der Waals surface area contributed by atoms with Crippen LogP contribution in [-0.2, 0) is 13.2 Å². The van der Waals surface area contributed by atoms with Crippen LogP contribution in [0.1, 0.15) is 11.5 Å². The van der Waals surface area contributed by atoms with E-state index in [1.54, 1.807) is 24.4 Å². The average molecular weight is 272 g/mol. The Balaban J connectivity index is 2.04. The van der Waals surface area contributed by atoms with Gasteiger partial charge >= 0.3 is 0 Å². The number of nitrogens with two attached hydrogens (primary N) is 1. The number of hydrogen-bond donors (Lipinski definition) is 2. The van der Waals surface area contributed by atoms with Crippen LogP contribution >= 0.6 is 23.2 Å². The van der Waals surface area contributed by atoms with Crippen LogP contribution in [0.4, 0.5) is 0 Å². The molecular weight excluding hydrogens is 261 g/mol. The van der Waals surface area contributed by atoms with Crippen LogP contribution in [0.15, 0.2) is 24.4 Å². The Bertz CT molecular complexity index is 513. The number of H-pyrrole nitrogens is 1. The van der Waals surface area contributed by atoms with Gasteiger partial charge in [0, 0.05) is 18.4 Å². The molecule has 1 heterocycles. The van der Waals surface area contributed by atoms with Crippen LogP contribution in [0.5, 0.6) is 5.75 Å². The van der Waals surface area contributed by atoms with Gasteiger partial charge in [-0.15, -0.1) is 0 Å². The molecule has 0 aliphatic carbocycles. The maximum atomic E-state index is 5.98. The minimum Gasteiger partial charge on any atom is -0.484 e. The summed E-state index contributed by atoms with van der Waals surface area (Å²) in [5, 5.41) is 0.867. The molecule has 6 heteroatoms. The van der Waals surface area contributed by atoms with Gasteiger partial charge in [-0.25, -0.2) is 4.98 Å². The molecule has 2 rings (SSSR count). The third-order valence-electron chi connectivity index (χ3n) is 2.18. The summed E-state index contributed by atoms with van der Waals surface area (Å²) in [6, 6.07) is 5.23. The Morgan fingerprint density at radius 3 is 2.88 bits per heavy atom. The summed E-state index contributed by atoms with van der Waals surface area (Å²) in [6.07, 6.45) is 1.68. The summed E-state index contributed by atoms with van der Waals surface area (Å²) in [6.45, 7) is 0.713. The minimum atomic E-state index is 0.292. The number of hydrogen-bond acceptors (Lipinski definition) is 3. The van der Waals surface area contributed by atoms with Crippen LogP contribution in [0.3, 0.4) is 0 Å². The number of rotatable bonds is 4. The second kappa shape index (κ2) is 5.40. The highest BCUT2D eigenvalue weighted by Gasteiger charge is 2.06. The van der Waals surface area contributed by atoms with Gasteiger partial charge in [0.2, 0.25) is 0 Å². The molecule has 17 heavy (non-hydrogen) atoms. The first kappa shape index (κ1) is 12.2. The van der Waals surface area contributed by atoms with E-state index in [9.17, 15) is 0 Å². The standard InChI is InChI=1S/C11H11Cl2N3O/c12-8-2-1-3-9(11(8)13)17-6-10-15-5-7(4-14)16-10/h1-3,5H,4,6,14H2,(H,15,16). The number of benzene rings is 1. The monoisotopic (exact) mass is 271 g/mol. The van der Waals surface area contributed by atoms with Crippen molar-refractivity contribution in [2.45, 2.75) is 13.2 Å².